The van der Waals surface area contributed by atoms with E-state index in [1.807, 2.05) is 38.7 Å². The predicted molar refractivity (Wildman–Crippen MR) is 93.2 cm³/mol. The van der Waals surface area contributed by atoms with Crippen LogP contribution in [0.5, 0.6) is 0 Å². The van der Waals surface area contributed by atoms with Crippen molar-refractivity contribution in [1.82, 2.24) is 4.90 Å². The molecule has 0 saturated carbocycles. The summed E-state index contributed by atoms with van der Waals surface area (Å²) in [7, 11) is 0. The van der Waals surface area contributed by atoms with Crippen LogP contribution in [0.4, 0.5) is 9.18 Å². The molecular formula is C20H26FNO2. The maximum absolute atomic E-state index is 13.7. The Morgan fingerprint density at radius 3 is 2.71 bits per heavy atom. The number of piperidine rings is 1. The molecule has 0 N–H and O–H groups in total. The fourth-order valence-corrected chi connectivity index (χ4v) is 3.77. The summed E-state index contributed by atoms with van der Waals surface area (Å²) >= 11 is 0. The maximum Gasteiger partial charge on any atom is 0.411 e. The van der Waals surface area contributed by atoms with Crippen LogP contribution < -0.4 is 0 Å². The number of hydrogen-bond donors (Lipinski definition) is 0. The number of nitrogens with zero attached hydrogens (tertiary/aromatic N) is 1. The molecule has 1 aromatic rings. The largest absolute Gasteiger partial charge is 0.444 e. The number of fused-ring (bicyclic) bond motifs is 2. The molecule has 0 radical (unpaired) electrons. The highest BCUT2D eigenvalue weighted by atomic mass is 19.1. The van der Waals surface area contributed by atoms with Gasteiger partial charge in [-0.3, -0.25) is 4.90 Å². The van der Waals surface area contributed by atoms with Crippen LogP contribution in [0.1, 0.15) is 57.6 Å². The van der Waals surface area contributed by atoms with Crippen molar-refractivity contribution in [2.24, 2.45) is 0 Å². The van der Waals surface area contributed by atoms with Gasteiger partial charge in [0, 0.05) is 6.04 Å². The van der Waals surface area contributed by atoms with Gasteiger partial charge in [0.05, 0.1) is 6.04 Å². The number of carbonyl (C=O) groups is 1. The molecule has 3 nitrogen and oxygen atoms in total. The maximum atomic E-state index is 13.7. The van der Waals surface area contributed by atoms with E-state index >= 15 is 0 Å². The van der Waals surface area contributed by atoms with Crippen LogP contribution in [-0.4, -0.2) is 28.7 Å². The molecule has 3 rings (SSSR count). The molecule has 1 amide bonds. The van der Waals surface area contributed by atoms with Crippen LogP contribution in [0.25, 0.3) is 5.57 Å². The third-order valence-corrected chi connectivity index (χ3v) is 4.79. The van der Waals surface area contributed by atoms with Gasteiger partial charge in [-0.1, -0.05) is 12.1 Å². The Morgan fingerprint density at radius 1 is 1.29 bits per heavy atom. The molecule has 2 aliphatic rings. The molecule has 24 heavy (non-hydrogen) atoms. The lowest BCUT2D eigenvalue weighted by atomic mass is 9.82. The zero-order valence-corrected chi connectivity index (χ0v) is 14.9. The van der Waals surface area contributed by atoms with Gasteiger partial charge in [-0.15, -0.1) is 0 Å². The average Bonchev–Trinajstić information content (AvgIpc) is 2.46. The summed E-state index contributed by atoms with van der Waals surface area (Å²) in [5.41, 5.74) is 2.71. The smallest absolute Gasteiger partial charge is 0.411 e. The third kappa shape index (κ3) is 3.47. The van der Waals surface area contributed by atoms with Gasteiger partial charge in [-0.2, -0.15) is 0 Å². The van der Waals surface area contributed by atoms with Gasteiger partial charge in [0.1, 0.15) is 11.4 Å². The monoisotopic (exact) mass is 331 g/mol. The Hall–Kier alpha value is -1.84. The molecule has 130 valence electrons. The summed E-state index contributed by atoms with van der Waals surface area (Å²) in [6.45, 7) is 7.68. The van der Waals surface area contributed by atoms with Crippen molar-refractivity contribution in [3.05, 3.63) is 41.2 Å². The number of carbonyl (C=O) groups excluding carboxylic acids is 1. The van der Waals surface area contributed by atoms with Gasteiger partial charge in [-0.05, 0) is 82.2 Å². The van der Waals surface area contributed by atoms with Crippen molar-refractivity contribution in [2.45, 2.75) is 71.1 Å². The molecule has 0 aromatic heterocycles. The van der Waals surface area contributed by atoms with E-state index in [-0.39, 0.29) is 24.0 Å². The minimum absolute atomic E-state index is 0.0463. The lowest BCUT2D eigenvalue weighted by molar-refractivity contribution is 0.0000825. The first-order valence-corrected chi connectivity index (χ1v) is 8.73. The number of rotatable bonds is 1. The van der Waals surface area contributed by atoms with Crippen molar-refractivity contribution in [3.63, 3.8) is 0 Å². The number of hydrogen-bond acceptors (Lipinski definition) is 2. The fourth-order valence-electron chi connectivity index (χ4n) is 3.77. The number of halogens is 1. The topological polar surface area (TPSA) is 29.5 Å². The molecule has 2 atom stereocenters. The van der Waals surface area contributed by atoms with E-state index < -0.39 is 5.60 Å². The van der Waals surface area contributed by atoms with Gasteiger partial charge in [0.15, 0.2) is 0 Å². The minimum atomic E-state index is -0.492. The van der Waals surface area contributed by atoms with Crippen molar-refractivity contribution in [3.8, 4) is 0 Å². The van der Waals surface area contributed by atoms with E-state index in [2.05, 4.69) is 6.08 Å². The Balaban J connectivity index is 1.90. The summed E-state index contributed by atoms with van der Waals surface area (Å²) in [5.74, 6) is -0.212. The normalized spacial score (nSPS) is 23.7. The van der Waals surface area contributed by atoms with Gasteiger partial charge < -0.3 is 4.74 Å². The van der Waals surface area contributed by atoms with Gasteiger partial charge in [0.25, 0.3) is 0 Å². The van der Waals surface area contributed by atoms with E-state index in [9.17, 15) is 9.18 Å². The van der Waals surface area contributed by atoms with Crippen molar-refractivity contribution in [1.29, 1.82) is 0 Å². The number of amides is 1. The van der Waals surface area contributed by atoms with E-state index in [0.29, 0.717) is 0 Å². The lowest BCUT2D eigenvalue weighted by Gasteiger charge is -2.45. The second-order valence-electron chi connectivity index (χ2n) is 7.89. The van der Waals surface area contributed by atoms with Crippen LogP contribution in [0.2, 0.25) is 0 Å². The highest BCUT2D eigenvalue weighted by molar-refractivity contribution is 5.75. The predicted octanol–water partition coefficient (Wildman–Crippen LogP) is 5.08. The molecule has 2 aliphatic heterocycles. The van der Waals surface area contributed by atoms with Crippen molar-refractivity contribution in [2.75, 3.05) is 0 Å². The van der Waals surface area contributed by atoms with E-state index in [1.54, 1.807) is 6.07 Å². The highest BCUT2D eigenvalue weighted by Crippen LogP contribution is 2.38. The molecule has 1 saturated heterocycles. The summed E-state index contributed by atoms with van der Waals surface area (Å²) in [4.78, 5) is 14.5. The van der Waals surface area contributed by atoms with Gasteiger partial charge in [-0.25, -0.2) is 9.18 Å². The van der Waals surface area contributed by atoms with E-state index in [1.165, 1.54) is 6.07 Å². The number of ether oxygens (including phenoxy) is 1. The van der Waals surface area contributed by atoms with Crippen molar-refractivity contribution < 1.29 is 13.9 Å². The van der Waals surface area contributed by atoms with Crippen molar-refractivity contribution >= 4 is 11.7 Å². The van der Waals surface area contributed by atoms with Crippen LogP contribution in [0.15, 0.2) is 24.3 Å². The van der Waals surface area contributed by atoms with Crippen LogP contribution in [-0.2, 0) is 4.74 Å². The quantitative estimate of drug-likeness (QED) is 0.718. The SMILES string of the molecule is Cc1ccc(F)cc1C1=CC2CCCC(C1)N2C(=O)OC(C)(C)C. The summed E-state index contributed by atoms with van der Waals surface area (Å²) in [6.07, 6.45) is 5.69. The Kier molecular flexibility index (Phi) is 4.41. The zero-order valence-electron chi connectivity index (χ0n) is 14.9. The lowest BCUT2D eigenvalue weighted by Crippen LogP contribution is -2.53. The Labute approximate surface area is 143 Å². The standard InChI is InChI=1S/C20H26FNO2/c1-13-8-9-15(21)12-18(13)14-10-16-6-5-7-17(11-14)22(16)19(23)24-20(2,3)4/h8-10,12,16-17H,5-7,11H2,1-4H3. The van der Waals surface area contributed by atoms with E-state index in [0.717, 1.165) is 42.4 Å². The molecule has 2 heterocycles. The first kappa shape index (κ1) is 17.0. The van der Waals surface area contributed by atoms with Gasteiger partial charge >= 0.3 is 6.09 Å². The first-order valence-electron chi connectivity index (χ1n) is 8.73. The Morgan fingerprint density at radius 2 is 2.04 bits per heavy atom. The summed E-state index contributed by atoms with van der Waals surface area (Å²) in [6, 6.07) is 5.11. The Bertz CT molecular complexity index is 675. The van der Waals surface area contributed by atoms with Crippen LogP contribution in [0.3, 0.4) is 0 Å². The molecule has 1 fully saturated rings. The zero-order chi connectivity index (χ0) is 17.5. The third-order valence-electron chi connectivity index (χ3n) is 4.79. The molecule has 2 unspecified atom stereocenters. The number of benzene rings is 1. The average molecular weight is 331 g/mol. The molecule has 0 aliphatic carbocycles. The minimum Gasteiger partial charge on any atom is -0.444 e. The summed E-state index contributed by atoms with van der Waals surface area (Å²) < 4.78 is 19.3. The fraction of sp³-hybridized carbons (Fsp3) is 0.550. The molecule has 0 spiro atoms. The second kappa shape index (κ2) is 6.23. The van der Waals surface area contributed by atoms with Gasteiger partial charge in [0.2, 0.25) is 0 Å². The first-order chi connectivity index (χ1) is 11.2. The highest BCUT2D eigenvalue weighted by Gasteiger charge is 2.39. The van der Waals surface area contributed by atoms with Crippen LogP contribution >= 0.6 is 0 Å². The molecule has 2 bridgehead atoms. The van der Waals surface area contributed by atoms with Crippen LogP contribution in [0, 0.1) is 12.7 Å². The molecule has 1 aromatic carbocycles. The molecule has 4 heteroatoms. The molecular weight excluding hydrogens is 305 g/mol. The second-order valence-corrected chi connectivity index (χ2v) is 7.89. The number of aryl methyl sites for hydroxylation is 1. The van der Waals surface area contributed by atoms with E-state index in [4.69, 9.17) is 4.74 Å². The summed E-state index contributed by atoms with van der Waals surface area (Å²) in [5, 5.41) is 0.